The van der Waals surface area contributed by atoms with Crippen molar-refractivity contribution in [2.24, 2.45) is 5.92 Å². The number of rotatable bonds is 6. The van der Waals surface area contributed by atoms with Gasteiger partial charge in [-0.2, -0.15) is 0 Å². The van der Waals surface area contributed by atoms with Crippen molar-refractivity contribution in [2.75, 3.05) is 17.6 Å². The molecule has 1 N–H and O–H groups in total. The number of thioether (sulfide) groups is 1. The van der Waals surface area contributed by atoms with E-state index in [1.807, 2.05) is 11.8 Å². The summed E-state index contributed by atoms with van der Waals surface area (Å²) in [6, 6.07) is 2.07. The summed E-state index contributed by atoms with van der Waals surface area (Å²) in [5, 5.41) is 4.45. The van der Waals surface area contributed by atoms with Gasteiger partial charge in [-0.15, -0.1) is 11.8 Å². The fraction of sp³-hybridized carbons (Fsp3) is 0.733. The standard InChI is InChI=1S/C15H27N3S/c1-7-8-16-12-9-13(19-10-11(2)3)18-14(17-12)15(4,5)6/h9,11H,7-8,10H2,1-6H3,(H,16,17,18). The topological polar surface area (TPSA) is 37.8 Å². The van der Waals surface area contributed by atoms with Crippen molar-refractivity contribution in [3.8, 4) is 0 Å². The third-order valence-corrected chi connectivity index (χ3v) is 3.83. The second-order valence-electron chi connectivity index (χ2n) is 6.30. The SMILES string of the molecule is CCCNc1cc(SCC(C)C)nc(C(C)(C)C)n1. The second kappa shape index (κ2) is 7.13. The first-order valence-corrected chi connectivity index (χ1v) is 8.07. The van der Waals surface area contributed by atoms with Crippen molar-refractivity contribution < 1.29 is 0 Å². The second-order valence-corrected chi connectivity index (χ2v) is 7.34. The van der Waals surface area contributed by atoms with Gasteiger partial charge < -0.3 is 5.32 Å². The molecule has 0 aliphatic carbocycles. The van der Waals surface area contributed by atoms with Crippen LogP contribution in [0, 0.1) is 5.92 Å². The molecule has 19 heavy (non-hydrogen) atoms. The lowest BCUT2D eigenvalue weighted by Crippen LogP contribution is -2.18. The first kappa shape index (κ1) is 16.3. The number of nitrogens with one attached hydrogen (secondary N) is 1. The molecule has 0 saturated carbocycles. The van der Waals surface area contributed by atoms with Gasteiger partial charge in [-0.3, -0.25) is 0 Å². The van der Waals surface area contributed by atoms with E-state index in [-0.39, 0.29) is 5.41 Å². The van der Waals surface area contributed by atoms with Gasteiger partial charge in [0.25, 0.3) is 0 Å². The summed E-state index contributed by atoms with van der Waals surface area (Å²) >= 11 is 1.82. The van der Waals surface area contributed by atoms with Crippen LogP contribution in [0.1, 0.15) is 53.8 Å². The Morgan fingerprint density at radius 3 is 2.47 bits per heavy atom. The maximum Gasteiger partial charge on any atom is 0.137 e. The minimum atomic E-state index is -0.0168. The lowest BCUT2D eigenvalue weighted by molar-refractivity contribution is 0.539. The van der Waals surface area contributed by atoms with Gasteiger partial charge in [0.1, 0.15) is 16.7 Å². The highest BCUT2D eigenvalue weighted by Crippen LogP contribution is 2.26. The number of hydrogen-bond donors (Lipinski definition) is 1. The summed E-state index contributed by atoms with van der Waals surface area (Å²) in [6.45, 7) is 14.0. The fourth-order valence-electron chi connectivity index (χ4n) is 1.43. The number of aromatic nitrogens is 2. The molecular formula is C15H27N3S. The maximum absolute atomic E-state index is 4.70. The van der Waals surface area contributed by atoms with Crippen molar-refractivity contribution in [1.29, 1.82) is 0 Å². The normalized spacial score (nSPS) is 11.9. The fourth-order valence-corrected chi connectivity index (χ4v) is 2.28. The molecule has 0 unspecified atom stereocenters. The van der Waals surface area contributed by atoms with Crippen LogP contribution < -0.4 is 5.32 Å². The van der Waals surface area contributed by atoms with Crippen LogP contribution in [0.2, 0.25) is 0 Å². The quantitative estimate of drug-likeness (QED) is 0.621. The molecule has 0 fully saturated rings. The molecule has 1 rings (SSSR count). The Morgan fingerprint density at radius 1 is 1.26 bits per heavy atom. The van der Waals surface area contributed by atoms with Crippen LogP contribution in [-0.2, 0) is 5.41 Å². The van der Waals surface area contributed by atoms with Gasteiger partial charge in [0.15, 0.2) is 0 Å². The van der Waals surface area contributed by atoms with Gasteiger partial charge in [-0.05, 0) is 12.3 Å². The number of anilines is 1. The van der Waals surface area contributed by atoms with E-state index in [2.05, 4.69) is 57.9 Å². The summed E-state index contributed by atoms with van der Waals surface area (Å²) < 4.78 is 0. The van der Waals surface area contributed by atoms with E-state index in [0.717, 1.165) is 35.4 Å². The molecule has 0 spiro atoms. The molecule has 0 radical (unpaired) electrons. The zero-order valence-electron chi connectivity index (χ0n) is 13.1. The van der Waals surface area contributed by atoms with Crippen molar-refractivity contribution in [1.82, 2.24) is 9.97 Å². The summed E-state index contributed by atoms with van der Waals surface area (Å²) in [5.41, 5.74) is -0.0168. The molecule has 1 aromatic heterocycles. The van der Waals surface area contributed by atoms with Crippen LogP contribution >= 0.6 is 11.8 Å². The van der Waals surface area contributed by atoms with Crippen LogP contribution in [0.15, 0.2) is 11.1 Å². The first-order valence-electron chi connectivity index (χ1n) is 7.09. The zero-order chi connectivity index (χ0) is 14.5. The molecular weight excluding hydrogens is 254 g/mol. The van der Waals surface area contributed by atoms with Crippen molar-refractivity contribution >= 4 is 17.6 Å². The predicted molar refractivity (Wildman–Crippen MR) is 85.1 cm³/mol. The van der Waals surface area contributed by atoms with E-state index < -0.39 is 0 Å². The highest BCUT2D eigenvalue weighted by atomic mass is 32.2. The van der Waals surface area contributed by atoms with Crippen LogP contribution in [0.4, 0.5) is 5.82 Å². The molecule has 108 valence electrons. The van der Waals surface area contributed by atoms with Crippen LogP contribution in [0.25, 0.3) is 0 Å². The highest BCUT2D eigenvalue weighted by Gasteiger charge is 2.19. The van der Waals surface area contributed by atoms with Crippen molar-refractivity contribution in [3.63, 3.8) is 0 Å². The summed E-state index contributed by atoms with van der Waals surface area (Å²) in [7, 11) is 0. The first-order chi connectivity index (χ1) is 8.82. The Labute approximate surface area is 122 Å². The Bertz CT molecular complexity index is 397. The zero-order valence-corrected chi connectivity index (χ0v) is 13.9. The van der Waals surface area contributed by atoms with Crippen LogP contribution in [0.3, 0.4) is 0 Å². The molecule has 1 heterocycles. The van der Waals surface area contributed by atoms with E-state index in [9.17, 15) is 0 Å². The Hall–Kier alpha value is -0.770. The van der Waals surface area contributed by atoms with E-state index in [0.29, 0.717) is 5.92 Å². The molecule has 0 amide bonds. The smallest absolute Gasteiger partial charge is 0.137 e. The molecule has 3 nitrogen and oxygen atoms in total. The van der Waals surface area contributed by atoms with E-state index in [1.165, 1.54) is 0 Å². The summed E-state index contributed by atoms with van der Waals surface area (Å²) in [6.07, 6.45) is 1.10. The predicted octanol–water partition coefficient (Wildman–Crippen LogP) is 4.34. The van der Waals surface area contributed by atoms with Gasteiger partial charge in [0.2, 0.25) is 0 Å². The molecule has 0 aliphatic heterocycles. The molecule has 0 aromatic carbocycles. The molecule has 4 heteroatoms. The van der Waals surface area contributed by atoms with E-state index in [1.54, 1.807) is 0 Å². The average molecular weight is 281 g/mol. The largest absolute Gasteiger partial charge is 0.370 e. The minimum absolute atomic E-state index is 0.0168. The van der Waals surface area contributed by atoms with E-state index >= 15 is 0 Å². The van der Waals surface area contributed by atoms with Gasteiger partial charge in [-0.1, -0.05) is 41.5 Å². The minimum Gasteiger partial charge on any atom is -0.370 e. The lowest BCUT2D eigenvalue weighted by Gasteiger charge is -2.19. The maximum atomic E-state index is 4.70. The Morgan fingerprint density at radius 2 is 1.95 bits per heavy atom. The monoisotopic (exact) mass is 281 g/mol. The lowest BCUT2D eigenvalue weighted by atomic mass is 9.96. The van der Waals surface area contributed by atoms with Crippen LogP contribution in [-0.4, -0.2) is 22.3 Å². The molecule has 0 saturated heterocycles. The Kier molecular flexibility index (Phi) is 6.11. The third-order valence-electron chi connectivity index (χ3n) is 2.49. The molecule has 0 bridgehead atoms. The van der Waals surface area contributed by atoms with E-state index in [4.69, 9.17) is 4.98 Å². The highest BCUT2D eigenvalue weighted by molar-refractivity contribution is 7.99. The van der Waals surface area contributed by atoms with Gasteiger partial charge >= 0.3 is 0 Å². The van der Waals surface area contributed by atoms with Crippen molar-refractivity contribution in [3.05, 3.63) is 11.9 Å². The van der Waals surface area contributed by atoms with Crippen LogP contribution in [0.5, 0.6) is 0 Å². The Balaban J connectivity index is 2.95. The average Bonchev–Trinajstić information content (AvgIpc) is 2.32. The molecule has 1 aromatic rings. The summed E-state index contributed by atoms with van der Waals surface area (Å²) in [4.78, 5) is 9.33. The summed E-state index contributed by atoms with van der Waals surface area (Å²) in [5.74, 6) is 3.63. The van der Waals surface area contributed by atoms with Crippen molar-refractivity contribution in [2.45, 2.75) is 58.4 Å². The molecule has 0 aliphatic rings. The third kappa shape index (κ3) is 5.81. The number of hydrogen-bond acceptors (Lipinski definition) is 4. The molecule has 0 atom stereocenters. The number of nitrogens with zero attached hydrogens (tertiary/aromatic N) is 2. The van der Waals surface area contributed by atoms with Gasteiger partial charge in [0.05, 0.1) is 0 Å². The van der Waals surface area contributed by atoms with Gasteiger partial charge in [0, 0.05) is 23.8 Å². The van der Waals surface area contributed by atoms with Gasteiger partial charge in [-0.25, -0.2) is 9.97 Å².